The molecule has 0 atom stereocenters. The Kier molecular flexibility index (Phi) is 2.42. The third-order valence-corrected chi connectivity index (χ3v) is 2.08. The molecule has 2 nitrogen and oxygen atoms in total. The van der Waals surface area contributed by atoms with Crippen LogP contribution in [0.2, 0.25) is 0 Å². The molecule has 0 radical (unpaired) electrons. The van der Waals surface area contributed by atoms with Crippen LogP contribution in [0.3, 0.4) is 0 Å². The van der Waals surface area contributed by atoms with Gasteiger partial charge in [-0.05, 0) is 28.1 Å². The second-order valence-electron chi connectivity index (χ2n) is 2.09. The zero-order valence-corrected chi connectivity index (χ0v) is 7.36. The standard InChI is InChI=1S/C7H4BrF2NO/c8-5-3(7(11)12)1-2-4(9)6(5)10/h1-2H,(H2,11,12). The predicted molar refractivity (Wildman–Crippen MR) is 42.6 cm³/mol. The van der Waals surface area contributed by atoms with Crippen LogP contribution in [0.15, 0.2) is 16.6 Å². The lowest BCUT2D eigenvalue weighted by Crippen LogP contribution is -2.12. The molecule has 5 heteroatoms. The van der Waals surface area contributed by atoms with E-state index >= 15 is 0 Å². The van der Waals surface area contributed by atoms with Gasteiger partial charge in [0.2, 0.25) is 5.91 Å². The lowest BCUT2D eigenvalue weighted by atomic mass is 10.2. The summed E-state index contributed by atoms with van der Waals surface area (Å²) in [7, 11) is 0. The Bertz CT molecular complexity index is 340. The first kappa shape index (κ1) is 9.12. The van der Waals surface area contributed by atoms with Gasteiger partial charge < -0.3 is 5.73 Å². The van der Waals surface area contributed by atoms with Crippen molar-refractivity contribution in [2.75, 3.05) is 0 Å². The molecule has 1 rings (SSSR count). The molecule has 12 heavy (non-hydrogen) atoms. The van der Waals surface area contributed by atoms with Crippen molar-refractivity contribution >= 4 is 21.8 Å². The molecule has 0 aliphatic heterocycles. The number of amides is 1. The maximum atomic E-state index is 12.7. The van der Waals surface area contributed by atoms with Crippen LogP contribution in [0, 0.1) is 11.6 Å². The molecule has 1 aromatic carbocycles. The van der Waals surface area contributed by atoms with Gasteiger partial charge in [-0.3, -0.25) is 4.79 Å². The summed E-state index contributed by atoms with van der Waals surface area (Å²) in [6.07, 6.45) is 0. The molecular formula is C7H4BrF2NO. The van der Waals surface area contributed by atoms with Gasteiger partial charge in [0, 0.05) is 0 Å². The Morgan fingerprint density at radius 3 is 2.50 bits per heavy atom. The maximum absolute atomic E-state index is 12.7. The predicted octanol–water partition coefficient (Wildman–Crippen LogP) is 1.83. The number of halogens is 3. The number of nitrogens with two attached hydrogens (primary N) is 1. The Hall–Kier alpha value is -0.970. The number of carbonyl (C=O) groups excluding carboxylic acids is 1. The van der Waals surface area contributed by atoms with E-state index in [2.05, 4.69) is 15.9 Å². The van der Waals surface area contributed by atoms with Crippen LogP contribution >= 0.6 is 15.9 Å². The second-order valence-corrected chi connectivity index (χ2v) is 2.88. The smallest absolute Gasteiger partial charge is 0.249 e. The van der Waals surface area contributed by atoms with Gasteiger partial charge in [-0.2, -0.15) is 0 Å². The topological polar surface area (TPSA) is 43.1 Å². The van der Waals surface area contributed by atoms with E-state index in [0.717, 1.165) is 12.1 Å². The van der Waals surface area contributed by atoms with Crippen molar-refractivity contribution in [2.24, 2.45) is 5.73 Å². The fourth-order valence-electron chi connectivity index (χ4n) is 0.716. The highest BCUT2D eigenvalue weighted by atomic mass is 79.9. The molecule has 1 aromatic rings. The van der Waals surface area contributed by atoms with E-state index in [4.69, 9.17) is 5.73 Å². The minimum atomic E-state index is -1.11. The average molecular weight is 236 g/mol. The van der Waals surface area contributed by atoms with Crippen LogP contribution in [-0.4, -0.2) is 5.91 Å². The van der Waals surface area contributed by atoms with Crippen LogP contribution in [0.4, 0.5) is 8.78 Å². The highest BCUT2D eigenvalue weighted by molar-refractivity contribution is 9.10. The summed E-state index contributed by atoms with van der Waals surface area (Å²) in [4.78, 5) is 10.6. The van der Waals surface area contributed by atoms with E-state index in [0.29, 0.717) is 0 Å². The van der Waals surface area contributed by atoms with Crippen molar-refractivity contribution in [3.05, 3.63) is 33.8 Å². The van der Waals surface area contributed by atoms with Gasteiger partial charge in [-0.25, -0.2) is 8.78 Å². The van der Waals surface area contributed by atoms with E-state index in [9.17, 15) is 13.6 Å². The van der Waals surface area contributed by atoms with E-state index in [1.807, 2.05) is 0 Å². The van der Waals surface area contributed by atoms with Gasteiger partial charge in [0.15, 0.2) is 11.6 Å². The van der Waals surface area contributed by atoms with Crippen molar-refractivity contribution in [3.8, 4) is 0 Å². The number of benzene rings is 1. The average Bonchev–Trinajstić information content (AvgIpc) is 2.00. The van der Waals surface area contributed by atoms with Gasteiger partial charge in [-0.15, -0.1) is 0 Å². The van der Waals surface area contributed by atoms with E-state index in [1.54, 1.807) is 0 Å². The number of carbonyl (C=O) groups is 1. The molecule has 1 amide bonds. The van der Waals surface area contributed by atoms with E-state index in [-0.39, 0.29) is 10.0 Å². The third kappa shape index (κ3) is 1.45. The summed E-state index contributed by atoms with van der Waals surface area (Å²) in [5.74, 6) is -2.93. The zero-order valence-electron chi connectivity index (χ0n) is 5.77. The molecule has 64 valence electrons. The normalized spacial score (nSPS) is 9.92. The van der Waals surface area contributed by atoms with Crippen molar-refractivity contribution in [2.45, 2.75) is 0 Å². The van der Waals surface area contributed by atoms with Crippen LogP contribution in [0.5, 0.6) is 0 Å². The molecule has 0 aliphatic rings. The van der Waals surface area contributed by atoms with Crippen LogP contribution in [0.25, 0.3) is 0 Å². The lowest BCUT2D eigenvalue weighted by Gasteiger charge is -2.00. The molecule has 0 saturated carbocycles. The van der Waals surface area contributed by atoms with Gasteiger partial charge in [0.1, 0.15) is 0 Å². The highest BCUT2D eigenvalue weighted by Crippen LogP contribution is 2.22. The Morgan fingerprint density at radius 1 is 1.42 bits per heavy atom. The molecule has 0 unspecified atom stereocenters. The monoisotopic (exact) mass is 235 g/mol. The molecule has 2 N–H and O–H groups in total. The Morgan fingerprint density at radius 2 is 2.00 bits per heavy atom. The molecule has 0 heterocycles. The second kappa shape index (κ2) is 3.18. The number of primary amides is 1. The first-order chi connectivity index (χ1) is 5.54. The van der Waals surface area contributed by atoms with Crippen molar-refractivity contribution in [1.29, 1.82) is 0 Å². The summed E-state index contributed by atoms with van der Waals surface area (Å²) in [5, 5.41) is 0. The summed E-state index contributed by atoms with van der Waals surface area (Å²) >= 11 is 2.72. The first-order valence-corrected chi connectivity index (χ1v) is 3.76. The molecule has 0 spiro atoms. The van der Waals surface area contributed by atoms with Crippen molar-refractivity contribution in [1.82, 2.24) is 0 Å². The summed E-state index contributed by atoms with van der Waals surface area (Å²) in [6.45, 7) is 0. The Balaban J connectivity index is 3.36. The maximum Gasteiger partial charge on any atom is 0.249 e. The largest absolute Gasteiger partial charge is 0.366 e. The molecule has 0 fully saturated rings. The van der Waals surface area contributed by atoms with E-state index in [1.165, 1.54) is 0 Å². The molecule has 0 aliphatic carbocycles. The van der Waals surface area contributed by atoms with E-state index < -0.39 is 17.5 Å². The Labute approximate surface area is 75.5 Å². The molecule has 0 aromatic heterocycles. The van der Waals surface area contributed by atoms with Gasteiger partial charge in [0.05, 0.1) is 10.0 Å². The molecule has 0 bridgehead atoms. The zero-order chi connectivity index (χ0) is 9.30. The fourth-order valence-corrected chi connectivity index (χ4v) is 1.23. The van der Waals surface area contributed by atoms with Crippen LogP contribution in [0.1, 0.15) is 10.4 Å². The summed E-state index contributed by atoms with van der Waals surface area (Å²) in [5.41, 5.74) is 4.80. The third-order valence-electron chi connectivity index (χ3n) is 1.30. The van der Waals surface area contributed by atoms with Crippen LogP contribution < -0.4 is 5.73 Å². The first-order valence-electron chi connectivity index (χ1n) is 2.97. The minimum absolute atomic E-state index is 0.0751. The quantitative estimate of drug-likeness (QED) is 0.742. The number of hydrogen-bond donors (Lipinski definition) is 1. The van der Waals surface area contributed by atoms with Gasteiger partial charge in [0.25, 0.3) is 0 Å². The van der Waals surface area contributed by atoms with Gasteiger partial charge in [-0.1, -0.05) is 0 Å². The van der Waals surface area contributed by atoms with Crippen molar-refractivity contribution in [3.63, 3.8) is 0 Å². The van der Waals surface area contributed by atoms with Crippen LogP contribution in [-0.2, 0) is 0 Å². The lowest BCUT2D eigenvalue weighted by molar-refractivity contribution is 0.0999. The fraction of sp³-hybridized carbons (Fsp3) is 0. The minimum Gasteiger partial charge on any atom is -0.366 e. The van der Waals surface area contributed by atoms with Gasteiger partial charge >= 0.3 is 0 Å². The number of hydrogen-bond acceptors (Lipinski definition) is 1. The van der Waals surface area contributed by atoms with Crippen molar-refractivity contribution < 1.29 is 13.6 Å². The molecular weight excluding hydrogens is 232 g/mol. The molecule has 0 saturated heterocycles. The highest BCUT2D eigenvalue weighted by Gasteiger charge is 2.13. The summed E-state index contributed by atoms with van der Waals surface area (Å²) < 4.78 is 24.9. The SMILES string of the molecule is NC(=O)c1ccc(F)c(F)c1Br. The summed E-state index contributed by atoms with van der Waals surface area (Å²) in [6, 6.07) is 1.96. The number of rotatable bonds is 1.